The molecule has 0 radical (unpaired) electrons. The third-order valence-electron chi connectivity index (χ3n) is 5.01. The number of rotatable bonds is 4. The summed E-state index contributed by atoms with van der Waals surface area (Å²) in [5, 5.41) is 0.567. The van der Waals surface area contributed by atoms with Crippen molar-refractivity contribution in [2.24, 2.45) is 0 Å². The van der Waals surface area contributed by atoms with Gasteiger partial charge in [0.05, 0.1) is 18.2 Å². The summed E-state index contributed by atoms with van der Waals surface area (Å²) in [6.45, 7) is 1.79. The topological polar surface area (TPSA) is 86.4 Å². The van der Waals surface area contributed by atoms with Crippen molar-refractivity contribution in [2.75, 3.05) is 32.5 Å². The summed E-state index contributed by atoms with van der Waals surface area (Å²) in [4.78, 5) is 14.9. The predicted octanol–water partition coefficient (Wildman–Crippen LogP) is 1.57. The van der Waals surface area contributed by atoms with E-state index in [1.165, 1.54) is 7.11 Å². The molecule has 4 rings (SSSR count). The van der Waals surface area contributed by atoms with Crippen LogP contribution >= 0.6 is 0 Å². The van der Waals surface area contributed by atoms with Gasteiger partial charge in [-0.3, -0.25) is 4.90 Å². The van der Waals surface area contributed by atoms with Crippen molar-refractivity contribution in [3.8, 4) is 11.9 Å². The van der Waals surface area contributed by atoms with Crippen LogP contribution < -0.4 is 15.2 Å². The summed E-state index contributed by atoms with van der Waals surface area (Å²) in [7, 11) is 1.52. The Bertz CT molecular complexity index is 773. The maximum atomic E-state index is 13.8. The van der Waals surface area contributed by atoms with Gasteiger partial charge in [-0.1, -0.05) is 0 Å². The highest BCUT2D eigenvalue weighted by Crippen LogP contribution is 2.40. The SMILES string of the molecule is COc1nccc2nc(OC[C@@]34CCCN3C[C@H](F)C4)nc(N)c12. The Kier molecular flexibility index (Phi) is 3.64. The lowest BCUT2D eigenvalue weighted by atomic mass is 9.95. The van der Waals surface area contributed by atoms with E-state index >= 15 is 0 Å². The zero-order chi connectivity index (χ0) is 16.7. The number of nitrogen functional groups attached to an aromatic ring is 1. The summed E-state index contributed by atoms with van der Waals surface area (Å²) >= 11 is 0. The van der Waals surface area contributed by atoms with Gasteiger partial charge in [-0.05, 0) is 25.5 Å². The second-order valence-electron chi connectivity index (χ2n) is 6.47. The molecular weight excluding hydrogens is 313 g/mol. The maximum absolute atomic E-state index is 13.8. The fourth-order valence-corrected chi connectivity index (χ4v) is 3.92. The normalized spacial score (nSPS) is 26.7. The van der Waals surface area contributed by atoms with Crippen molar-refractivity contribution in [3.63, 3.8) is 0 Å². The van der Waals surface area contributed by atoms with Crippen LogP contribution in [-0.4, -0.2) is 58.4 Å². The average molecular weight is 333 g/mol. The molecule has 2 aromatic rings. The summed E-state index contributed by atoms with van der Waals surface area (Å²) in [5.41, 5.74) is 6.40. The van der Waals surface area contributed by atoms with E-state index in [1.54, 1.807) is 12.3 Å². The molecule has 24 heavy (non-hydrogen) atoms. The Balaban J connectivity index is 1.59. The van der Waals surface area contributed by atoms with Crippen LogP contribution in [0.4, 0.5) is 10.2 Å². The minimum atomic E-state index is -0.785. The smallest absolute Gasteiger partial charge is 0.319 e. The van der Waals surface area contributed by atoms with E-state index in [4.69, 9.17) is 15.2 Å². The molecule has 0 aliphatic carbocycles. The van der Waals surface area contributed by atoms with E-state index in [-0.39, 0.29) is 17.4 Å². The minimum absolute atomic E-state index is 0.205. The lowest BCUT2D eigenvalue weighted by Crippen LogP contribution is -2.43. The number of halogens is 1. The molecule has 0 unspecified atom stereocenters. The number of hydrogen-bond donors (Lipinski definition) is 1. The standard InChI is InChI=1S/C16H20FN5O2/c1-23-14-12-11(3-5-19-14)20-15(21-13(12)18)24-9-16-4-2-6-22(16)8-10(17)7-16/h3,5,10H,2,4,6-9H2,1H3,(H2,18,20,21)/t10-,16+/m1/s1. The highest BCUT2D eigenvalue weighted by Gasteiger charge is 2.49. The molecule has 8 heteroatoms. The van der Waals surface area contributed by atoms with E-state index in [0.717, 1.165) is 19.4 Å². The van der Waals surface area contributed by atoms with E-state index in [2.05, 4.69) is 19.9 Å². The zero-order valence-electron chi connectivity index (χ0n) is 13.5. The fourth-order valence-electron chi connectivity index (χ4n) is 3.92. The first-order valence-electron chi connectivity index (χ1n) is 8.09. The number of methoxy groups -OCH3 is 1. The molecule has 2 saturated heterocycles. The highest BCUT2D eigenvalue weighted by atomic mass is 19.1. The van der Waals surface area contributed by atoms with Crippen molar-refractivity contribution in [3.05, 3.63) is 12.3 Å². The van der Waals surface area contributed by atoms with Crippen LogP contribution in [-0.2, 0) is 0 Å². The molecular formula is C16H20FN5O2. The Labute approximate surface area is 139 Å². The first kappa shape index (κ1) is 15.3. The second-order valence-corrected chi connectivity index (χ2v) is 6.47. The summed E-state index contributed by atoms with van der Waals surface area (Å²) in [6.07, 6.45) is 3.33. The first-order valence-corrected chi connectivity index (χ1v) is 8.09. The summed E-state index contributed by atoms with van der Waals surface area (Å²) in [6, 6.07) is 1.94. The molecule has 2 N–H and O–H groups in total. The molecule has 2 aliphatic heterocycles. The molecule has 4 heterocycles. The molecule has 2 aromatic heterocycles. The van der Waals surface area contributed by atoms with Crippen molar-refractivity contribution >= 4 is 16.7 Å². The van der Waals surface area contributed by atoms with E-state index in [1.807, 2.05) is 0 Å². The molecule has 2 fully saturated rings. The summed E-state index contributed by atoms with van der Waals surface area (Å²) < 4.78 is 24.8. The quantitative estimate of drug-likeness (QED) is 0.909. The van der Waals surface area contributed by atoms with Gasteiger partial charge in [0.2, 0.25) is 5.88 Å². The summed E-state index contributed by atoms with van der Waals surface area (Å²) in [5.74, 6) is 0.642. The van der Waals surface area contributed by atoms with E-state index < -0.39 is 6.17 Å². The number of hydrogen-bond acceptors (Lipinski definition) is 7. The monoisotopic (exact) mass is 333 g/mol. The Morgan fingerprint density at radius 3 is 3.17 bits per heavy atom. The van der Waals surface area contributed by atoms with Gasteiger partial charge in [0, 0.05) is 19.2 Å². The van der Waals surface area contributed by atoms with Gasteiger partial charge in [-0.15, -0.1) is 0 Å². The Hall–Kier alpha value is -2.22. The molecule has 2 atom stereocenters. The largest absolute Gasteiger partial charge is 0.480 e. The van der Waals surface area contributed by atoms with Crippen molar-refractivity contribution in [2.45, 2.75) is 31.0 Å². The third kappa shape index (κ3) is 2.41. The highest BCUT2D eigenvalue weighted by molar-refractivity contribution is 5.92. The van der Waals surface area contributed by atoms with Gasteiger partial charge in [0.25, 0.3) is 0 Å². The van der Waals surface area contributed by atoms with E-state index in [0.29, 0.717) is 36.4 Å². The minimum Gasteiger partial charge on any atom is -0.480 e. The van der Waals surface area contributed by atoms with Crippen LogP contribution in [0.5, 0.6) is 11.9 Å². The molecule has 0 bridgehead atoms. The first-order chi connectivity index (χ1) is 11.6. The maximum Gasteiger partial charge on any atom is 0.319 e. The second kappa shape index (κ2) is 5.70. The van der Waals surface area contributed by atoms with Crippen molar-refractivity contribution < 1.29 is 13.9 Å². The Morgan fingerprint density at radius 2 is 2.33 bits per heavy atom. The van der Waals surface area contributed by atoms with Crippen LogP contribution in [0.1, 0.15) is 19.3 Å². The van der Waals surface area contributed by atoms with Crippen LogP contribution in [0, 0.1) is 0 Å². The molecule has 128 valence electrons. The molecule has 7 nitrogen and oxygen atoms in total. The Morgan fingerprint density at radius 1 is 1.46 bits per heavy atom. The van der Waals surface area contributed by atoms with Crippen LogP contribution in [0.3, 0.4) is 0 Å². The van der Waals surface area contributed by atoms with E-state index in [9.17, 15) is 4.39 Å². The van der Waals surface area contributed by atoms with Crippen LogP contribution in [0.25, 0.3) is 10.9 Å². The number of nitrogens with zero attached hydrogens (tertiary/aromatic N) is 4. The van der Waals surface area contributed by atoms with Gasteiger partial charge in [-0.2, -0.15) is 9.97 Å². The third-order valence-corrected chi connectivity index (χ3v) is 5.01. The van der Waals surface area contributed by atoms with Crippen molar-refractivity contribution in [1.29, 1.82) is 0 Å². The van der Waals surface area contributed by atoms with Gasteiger partial charge in [0.15, 0.2) is 0 Å². The lowest BCUT2D eigenvalue weighted by Gasteiger charge is -2.30. The zero-order valence-corrected chi connectivity index (χ0v) is 13.5. The van der Waals surface area contributed by atoms with Crippen LogP contribution in [0.15, 0.2) is 12.3 Å². The van der Waals surface area contributed by atoms with Gasteiger partial charge in [0.1, 0.15) is 24.0 Å². The number of pyridine rings is 1. The van der Waals surface area contributed by atoms with Crippen molar-refractivity contribution in [1.82, 2.24) is 19.9 Å². The average Bonchev–Trinajstić information content (AvgIpc) is 3.08. The molecule has 0 spiro atoms. The number of anilines is 1. The van der Waals surface area contributed by atoms with Gasteiger partial charge in [-0.25, -0.2) is 9.37 Å². The molecule has 0 aromatic carbocycles. The number of fused-ring (bicyclic) bond motifs is 2. The lowest BCUT2D eigenvalue weighted by molar-refractivity contribution is 0.107. The number of nitrogens with two attached hydrogens (primary N) is 1. The van der Waals surface area contributed by atoms with Crippen LogP contribution in [0.2, 0.25) is 0 Å². The number of ether oxygens (including phenoxy) is 2. The molecule has 0 amide bonds. The fraction of sp³-hybridized carbons (Fsp3) is 0.562. The van der Waals surface area contributed by atoms with Gasteiger partial charge < -0.3 is 15.2 Å². The number of aromatic nitrogens is 3. The van der Waals surface area contributed by atoms with Gasteiger partial charge >= 0.3 is 6.01 Å². The molecule has 0 saturated carbocycles. The molecule has 2 aliphatic rings. The predicted molar refractivity (Wildman–Crippen MR) is 86.8 cm³/mol. The number of alkyl halides is 1.